The van der Waals surface area contributed by atoms with Gasteiger partial charge >= 0.3 is 17.6 Å². The van der Waals surface area contributed by atoms with Gasteiger partial charge in [0.2, 0.25) is 5.89 Å². The van der Waals surface area contributed by atoms with E-state index >= 15 is 0 Å². The summed E-state index contributed by atoms with van der Waals surface area (Å²) in [6.07, 6.45) is 14.2. The minimum Gasteiger partial charge on any atom is -0.481 e. The average Bonchev–Trinajstić information content (AvgIpc) is 0.758. The highest BCUT2D eigenvalue weighted by Crippen LogP contribution is 2.32. The number of ether oxygens (including phenoxy) is 2. The van der Waals surface area contributed by atoms with Gasteiger partial charge in [-0.05, 0) is 226 Å². The molecule has 0 spiro atoms. The highest BCUT2D eigenvalue weighted by atomic mass is 35.5. The Hall–Kier alpha value is -8.98. The number of aromatic nitrogens is 3. The maximum Gasteiger partial charge on any atom is 0.342 e. The highest BCUT2D eigenvalue weighted by Gasteiger charge is 2.26. The molecule has 8 aromatic rings. The number of nitrogens with one attached hydrogen (secondary N) is 1. The van der Waals surface area contributed by atoms with Crippen LogP contribution in [0.2, 0.25) is 20.1 Å². The highest BCUT2D eigenvalue weighted by molar-refractivity contribution is 6.68. The van der Waals surface area contributed by atoms with Crippen molar-refractivity contribution in [3.05, 3.63) is 253 Å². The third-order valence-electron chi connectivity index (χ3n) is 15.8. The van der Waals surface area contributed by atoms with Crippen molar-refractivity contribution in [2.75, 3.05) is 18.9 Å². The van der Waals surface area contributed by atoms with E-state index in [1.807, 2.05) is 36.4 Å². The minimum absolute atomic E-state index is 0. The number of benzene rings is 6. The van der Waals surface area contributed by atoms with E-state index in [9.17, 15) is 37.5 Å². The van der Waals surface area contributed by atoms with Crippen LogP contribution in [0, 0.1) is 25.5 Å². The average molecular weight is 1530 g/mol. The maximum absolute atomic E-state index is 14.2. The smallest absolute Gasteiger partial charge is 0.342 e. The Morgan fingerprint density at radius 1 is 0.558 bits per heavy atom. The number of halogens is 7. The summed E-state index contributed by atoms with van der Waals surface area (Å²) in [7, 11) is 0. The Morgan fingerprint density at radius 3 is 1.50 bits per heavy atom. The summed E-state index contributed by atoms with van der Waals surface area (Å²) in [5, 5.41) is 11.6. The summed E-state index contributed by atoms with van der Waals surface area (Å²) >= 11 is 29.3. The molecule has 104 heavy (non-hydrogen) atoms. The number of carbonyl (C=O) groups excluding carboxylic acids is 4. The van der Waals surface area contributed by atoms with E-state index in [0.717, 1.165) is 119 Å². The van der Waals surface area contributed by atoms with Gasteiger partial charge in [-0.1, -0.05) is 137 Å². The zero-order valence-electron chi connectivity index (χ0n) is 56.1. The number of nitrogen functional groups attached to an aromatic ring is 1. The molecule has 24 heteroatoms. The topological polar surface area (TPSA) is 266 Å². The number of aliphatic carboxylic acids is 1. The Bertz CT molecular complexity index is 4400. The predicted octanol–water partition coefficient (Wildman–Crippen LogP) is 20.0. The molecule has 0 saturated heterocycles. The summed E-state index contributed by atoms with van der Waals surface area (Å²) in [4.78, 5) is 89.4. The molecule has 0 radical (unpaired) electrons. The van der Waals surface area contributed by atoms with Gasteiger partial charge in [0.25, 0.3) is 22.7 Å². The number of allylic oxidation sites excluding steroid dienone is 2. The molecule has 560 valence electrons. The summed E-state index contributed by atoms with van der Waals surface area (Å²) in [5.74, 6) is -1.50. The van der Waals surface area contributed by atoms with Gasteiger partial charge in [-0.15, -0.1) is 0 Å². The first kappa shape index (κ1) is 91.1. The third kappa shape index (κ3) is 26.9. The van der Waals surface area contributed by atoms with Crippen molar-refractivity contribution in [3.63, 3.8) is 0 Å². The summed E-state index contributed by atoms with van der Waals surface area (Å²) < 4.78 is 43.4. The molecule has 17 nitrogen and oxygen atoms in total. The SMILES string of the molecule is C.C.C.C.CC(=O)O.CCOC(=O)C1=C(N)CCCC1.CCOC(=O)C1=C(NC(=O)c2ccccc2Cl)CCCC1.Cc1ccc(-n2c(-c3ccccc3Cl)nc3c(c2=O)CCCC3)cc1F.Cc1ccc(N)cc1F.O=C(Cl)c1ccccc1Cl.O=c1oc(-c2ccccc2Cl)nc2c1CCCC2. The molecular weight excluding hydrogens is 1440 g/mol. The number of hydrogen-bond acceptors (Lipinski definition) is 14. The van der Waals surface area contributed by atoms with E-state index in [1.54, 1.807) is 113 Å². The number of carboxylic acids is 1. The number of rotatable bonds is 10. The van der Waals surface area contributed by atoms with E-state index in [4.69, 9.17) is 98.2 Å². The van der Waals surface area contributed by atoms with Crippen LogP contribution in [0.5, 0.6) is 0 Å². The van der Waals surface area contributed by atoms with Crippen LogP contribution < -0.4 is 28.0 Å². The number of esters is 2. The third-order valence-corrected chi connectivity index (χ3v) is 17.3. The van der Waals surface area contributed by atoms with E-state index in [0.29, 0.717) is 126 Å². The molecule has 2 heterocycles. The molecule has 0 fully saturated rings. The van der Waals surface area contributed by atoms with Gasteiger partial charge in [0.15, 0.2) is 0 Å². The van der Waals surface area contributed by atoms with E-state index in [-0.39, 0.29) is 70.4 Å². The van der Waals surface area contributed by atoms with Crippen molar-refractivity contribution in [3.8, 4) is 28.5 Å². The summed E-state index contributed by atoms with van der Waals surface area (Å²) in [6, 6.07) is 37.5. The molecule has 4 aliphatic carbocycles. The van der Waals surface area contributed by atoms with Crippen molar-refractivity contribution < 1.29 is 51.8 Å². The number of carboxylic acid groups (broad SMARTS) is 1. The van der Waals surface area contributed by atoms with Gasteiger partial charge in [-0.2, -0.15) is 0 Å². The van der Waals surface area contributed by atoms with Crippen molar-refractivity contribution in [2.24, 2.45) is 5.73 Å². The molecule has 2 aromatic heterocycles. The van der Waals surface area contributed by atoms with Gasteiger partial charge in [-0.25, -0.2) is 33.1 Å². The molecule has 4 aliphatic rings. The standard InChI is InChI=1S/C21H18ClFN2O.C16H18ClNO3.C14H12ClNO2.C9H15NO2.C7H4Cl2O.C7H8FN.C2H4O2.4CH4/c1-13-10-11-14(12-18(13)23)25-20(15-6-2-4-8-17(15)22)24-19-9-5-3-7-16(19)21(25)26;1-2-21-16(20)12-8-4-6-10-14(12)18-15(19)11-7-3-5-9-13(11)17;15-11-7-3-1-5-9(11)13-16-12-8-4-2-6-10(12)14(17)18-13;1-2-12-9(11)7-5-3-4-6-8(7)10;8-6-4-2-1-3-5(6)7(9)10;1-5-2-3-6(9)4-7(5)8;1-2(3)4;;;;/h2,4,6,8,10-12H,3,5,7,9H2,1H3;3,5,7,9H,2,4,6,8,10H2,1H3,(H,18,19);1,3,5,7H,2,4,6,8H2;2-6,10H2,1H3;1-4H;2-4H,9H2,1H3;1H3,(H,3,4);4*1H4. The number of nitrogens with zero attached hydrogens (tertiary/aromatic N) is 3. The lowest BCUT2D eigenvalue weighted by molar-refractivity contribution is -0.139. The summed E-state index contributed by atoms with van der Waals surface area (Å²) in [6.45, 7) is 8.81. The first-order valence-corrected chi connectivity index (χ1v) is 34.4. The Morgan fingerprint density at radius 2 is 1.00 bits per heavy atom. The van der Waals surface area contributed by atoms with Crippen LogP contribution in [0.25, 0.3) is 28.5 Å². The lowest BCUT2D eigenvalue weighted by atomic mass is 9.96. The monoisotopic (exact) mass is 1530 g/mol. The molecule has 0 atom stereocenters. The van der Waals surface area contributed by atoms with Crippen LogP contribution in [0.15, 0.2) is 170 Å². The van der Waals surface area contributed by atoms with Crippen LogP contribution in [-0.2, 0) is 49.5 Å². The Labute approximate surface area is 634 Å². The Balaban J connectivity index is 0.000000431. The van der Waals surface area contributed by atoms with Gasteiger partial charge < -0.3 is 35.8 Å². The first-order valence-electron chi connectivity index (χ1n) is 32.5. The number of carbonyl (C=O) groups is 5. The van der Waals surface area contributed by atoms with E-state index in [2.05, 4.69) is 10.3 Å². The number of nitrogens with two attached hydrogens (primary N) is 2. The normalized spacial score (nSPS) is 12.8. The zero-order chi connectivity index (χ0) is 73.0. The second-order valence-corrected chi connectivity index (χ2v) is 25.0. The fourth-order valence-electron chi connectivity index (χ4n) is 10.7. The number of anilines is 1. The van der Waals surface area contributed by atoms with Gasteiger partial charge in [-0.3, -0.25) is 23.7 Å². The van der Waals surface area contributed by atoms with Crippen molar-refractivity contribution in [2.45, 2.75) is 167 Å². The second-order valence-electron chi connectivity index (χ2n) is 23.1. The van der Waals surface area contributed by atoms with Gasteiger partial charge in [0.1, 0.15) is 17.5 Å². The first-order chi connectivity index (χ1) is 47.8. The van der Waals surface area contributed by atoms with Crippen molar-refractivity contribution in [1.82, 2.24) is 19.9 Å². The second kappa shape index (κ2) is 46.0. The number of aryl methyl sites for hydroxylation is 4. The molecule has 0 aliphatic heterocycles. The number of hydrogen-bond donors (Lipinski definition) is 4. The van der Waals surface area contributed by atoms with Crippen molar-refractivity contribution in [1.29, 1.82) is 0 Å². The maximum atomic E-state index is 14.2. The molecule has 6 aromatic carbocycles. The molecule has 0 unspecified atom stereocenters. The molecular formula is C80H95Cl5F2N6O11. The van der Waals surface area contributed by atoms with Gasteiger partial charge in [0, 0.05) is 35.1 Å². The van der Waals surface area contributed by atoms with Crippen LogP contribution in [0.1, 0.15) is 182 Å². The van der Waals surface area contributed by atoms with Gasteiger partial charge in [0.05, 0.1) is 83.8 Å². The van der Waals surface area contributed by atoms with Crippen LogP contribution in [0.3, 0.4) is 0 Å². The van der Waals surface area contributed by atoms with Crippen LogP contribution in [0.4, 0.5) is 14.5 Å². The van der Waals surface area contributed by atoms with Crippen molar-refractivity contribution >= 4 is 92.7 Å². The van der Waals surface area contributed by atoms with E-state index in [1.165, 1.54) is 16.7 Å². The molecule has 0 bridgehead atoms. The lowest BCUT2D eigenvalue weighted by Gasteiger charge is -2.20. The lowest BCUT2D eigenvalue weighted by Crippen LogP contribution is -2.29. The molecule has 6 N–H and O–H groups in total. The van der Waals surface area contributed by atoms with Crippen LogP contribution >= 0.6 is 58.0 Å². The quantitative estimate of drug-likeness (QED) is 0.0563. The fourth-order valence-corrected chi connectivity index (χ4v) is 11.8. The largest absolute Gasteiger partial charge is 0.481 e. The molecule has 1 amide bonds. The fraction of sp³-hybridized carbons (Fsp3) is 0.338. The zero-order valence-corrected chi connectivity index (χ0v) is 59.9. The number of fused-ring (bicyclic) bond motifs is 2. The minimum atomic E-state index is -0.833. The van der Waals surface area contributed by atoms with E-state index < -0.39 is 11.2 Å². The molecule has 0 saturated carbocycles. The summed E-state index contributed by atoms with van der Waals surface area (Å²) in [5.41, 5.74) is 20.6. The van der Waals surface area contributed by atoms with Crippen LogP contribution in [-0.4, -0.2) is 61.9 Å². The molecule has 12 rings (SSSR count). The predicted molar refractivity (Wildman–Crippen MR) is 416 cm³/mol. The Kier molecular flexibility index (Phi) is 40.3. The number of amides is 1.